The molecule has 0 bridgehead atoms. The summed E-state index contributed by atoms with van der Waals surface area (Å²) >= 11 is 0. The fraction of sp³-hybridized carbons (Fsp3) is 0.905. The van der Waals surface area contributed by atoms with Gasteiger partial charge in [-0.25, -0.2) is 0 Å². The molecule has 4 saturated carbocycles. The van der Waals surface area contributed by atoms with Crippen molar-refractivity contribution in [1.29, 1.82) is 0 Å². The number of fused-ring (bicyclic) bond motifs is 5. The molecule has 4 aliphatic carbocycles. The topological polar surface area (TPSA) is 84.9 Å². The number of rotatable bonds is 3. The maximum atomic E-state index is 10.8. The molecule has 5 nitrogen and oxygen atoms in total. The highest BCUT2D eigenvalue weighted by Crippen LogP contribution is 2.65. The first kappa shape index (κ1) is 18.3. The van der Waals surface area contributed by atoms with Gasteiger partial charge in [0.2, 0.25) is 0 Å². The largest absolute Gasteiger partial charge is 0.393 e. The van der Waals surface area contributed by atoms with E-state index in [1.54, 1.807) is 0 Å². The Balaban J connectivity index is 1.48. The lowest BCUT2D eigenvalue weighted by atomic mass is 9.45. The molecule has 0 aliphatic heterocycles. The SMILES string of the molecule is C[C@]12CC/C(=N\OCC(N)=O)C[C@@H]1CC[C@@H]1[C@@H]2CC[C@]2(C)[C@@H](O)CC[C@@H]12. The predicted octanol–water partition coefficient (Wildman–Crippen LogP) is 3.25. The Hall–Kier alpha value is -1.10. The Morgan fingerprint density at radius 3 is 2.69 bits per heavy atom. The van der Waals surface area contributed by atoms with Crippen molar-refractivity contribution in [2.24, 2.45) is 45.4 Å². The molecule has 5 heteroatoms. The third kappa shape index (κ3) is 2.78. The molecule has 0 unspecified atom stereocenters. The van der Waals surface area contributed by atoms with Crippen LogP contribution in [0.3, 0.4) is 0 Å². The van der Waals surface area contributed by atoms with Crippen molar-refractivity contribution in [1.82, 2.24) is 0 Å². The molecule has 0 heterocycles. The Morgan fingerprint density at radius 2 is 1.92 bits per heavy atom. The smallest absolute Gasteiger partial charge is 0.258 e. The van der Waals surface area contributed by atoms with E-state index in [1.165, 1.54) is 38.5 Å². The molecule has 146 valence electrons. The molecule has 4 fully saturated rings. The maximum Gasteiger partial charge on any atom is 0.258 e. The van der Waals surface area contributed by atoms with Crippen molar-refractivity contribution in [3.05, 3.63) is 0 Å². The number of primary amides is 1. The van der Waals surface area contributed by atoms with Crippen LogP contribution in [0, 0.1) is 34.5 Å². The molecule has 0 saturated heterocycles. The van der Waals surface area contributed by atoms with Crippen molar-refractivity contribution in [2.45, 2.75) is 77.7 Å². The van der Waals surface area contributed by atoms with Crippen LogP contribution in [0.4, 0.5) is 0 Å². The second-order valence-corrected chi connectivity index (χ2v) is 9.90. The van der Waals surface area contributed by atoms with Crippen molar-refractivity contribution in [3.63, 3.8) is 0 Å². The Bertz CT molecular complexity index is 606. The fourth-order valence-electron chi connectivity index (χ4n) is 7.30. The molecule has 3 N–H and O–H groups in total. The maximum absolute atomic E-state index is 10.8. The molecular formula is C21H34N2O3. The first-order valence-corrected chi connectivity index (χ1v) is 10.5. The highest BCUT2D eigenvalue weighted by atomic mass is 16.6. The summed E-state index contributed by atoms with van der Waals surface area (Å²) in [7, 11) is 0. The van der Waals surface area contributed by atoms with E-state index in [-0.39, 0.29) is 18.1 Å². The van der Waals surface area contributed by atoms with Gasteiger partial charge in [0.05, 0.1) is 11.8 Å². The number of aliphatic hydroxyl groups is 1. The minimum atomic E-state index is -0.473. The second kappa shape index (κ2) is 6.50. The summed E-state index contributed by atoms with van der Waals surface area (Å²) in [4.78, 5) is 15.9. The van der Waals surface area contributed by atoms with E-state index in [2.05, 4.69) is 19.0 Å². The van der Waals surface area contributed by atoms with E-state index >= 15 is 0 Å². The third-order valence-electron chi connectivity index (χ3n) is 8.85. The van der Waals surface area contributed by atoms with Gasteiger partial charge in [-0.1, -0.05) is 19.0 Å². The number of amides is 1. The quantitative estimate of drug-likeness (QED) is 0.756. The molecule has 0 radical (unpaired) electrons. The molecule has 4 rings (SSSR count). The van der Waals surface area contributed by atoms with Gasteiger partial charge >= 0.3 is 0 Å². The van der Waals surface area contributed by atoms with Crippen LogP contribution in [0.2, 0.25) is 0 Å². The van der Waals surface area contributed by atoms with Gasteiger partial charge in [0.15, 0.2) is 6.61 Å². The zero-order chi connectivity index (χ0) is 18.5. The van der Waals surface area contributed by atoms with Crippen molar-refractivity contribution < 1.29 is 14.7 Å². The summed E-state index contributed by atoms with van der Waals surface area (Å²) in [5, 5.41) is 14.8. The van der Waals surface area contributed by atoms with Crippen LogP contribution in [0.15, 0.2) is 5.16 Å². The standard InChI is InChI=1S/C21H34N2O3/c1-20-9-7-14(23-26-12-19(22)25)11-13(20)3-4-15-16-5-6-18(24)21(16,2)10-8-17(15)20/h13,15-18,24H,3-12H2,1-2H3,(H2,22,25)/b23-14+/t13-,15-,16-,17-,18-,20-,21-/m0/s1. The zero-order valence-electron chi connectivity index (χ0n) is 16.2. The van der Waals surface area contributed by atoms with E-state index in [0.29, 0.717) is 17.3 Å². The monoisotopic (exact) mass is 362 g/mol. The molecule has 0 spiro atoms. The van der Waals surface area contributed by atoms with Crippen LogP contribution in [0.25, 0.3) is 0 Å². The van der Waals surface area contributed by atoms with Crippen LogP contribution >= 0.6 is 0 Å². The summed E-state index contributed by atoms with van der Waals surface area (Å²) in [5.74, 6) is 2.49. The zero-order valence-corrected chi connectivity index (χ0v) is 16.2. The highest BCUT2D eigenvalue weighted by Gasteiger charge is 2.59. The van der Waals surface area contributed by atoms with Crippen molar-refractivity contribution in [3.8, 4) is 0 Å². The van der Waals surface area contributed by atoms with Gasteiger partial charge < -0.3 is 15.7 Å². The van der Waals surface area contributed by atoms with Gasteiger partial charge in [-0.15, -0.1) is 0 Å². The molecule has 1 amide bonds. The number of carbonyl (C=O) groups excluding carboxylic acids is 1. The molecule has 26 heavy (non-hydrogen) atoms. The van der Waals surface area contributed by atoms with E-state index in [9.17, 15) is 9.90 Å². The molecule has 0 aromatic rings. The summed E-state index contributed by atoms with van der Waals surface area (Å²) in [6.45, 7) is 4.74. The molecule has 0 aromatic heterocycles. The lowest BCUT2D eigenvalue weighted by Gasteiger charge is -2.60. The lowest BCUT2D eigenvalue weighted by Crippen LogP contribution is -2.54. The van der Waals surface area contributed by atoms with Gasteiger partial charge in [0.1, 0.15) is 0 Å². The minimum absolute atomic E-state index is 0.0912. The van der Waals surface area contributed by atoms with Crippen LogP contribution in [0.5, 0.6) is 0 Å². The van der Waals surface area contributed by atoms with Crippen LogP contribution in [0.1, 0.15) is 71.6 Å². The van der Waals surface area contributed by atoms with Crippen molar-refractivity contribution >= 4 is 11.6 Å². The normalized spacial score (nSPS) is 49.2. The van der Waals surface area contributed by atoms with Gasteiger partial charge in [-0.3, -0.25) is 4.79 Å². The van der Waals surface area contributed by atoms with E-state index < -0.39 is 5.91 Å². The Morgan fingerprint density at radius 1 is 1.15 bits per heavy atom. The average Bonchev–Trinajstić information content (AvgIpc) is 2.90. The van der Waals surface area contributed by atoms with E-state index in [0.717, 1.165) is 36.8 Å². The first-order chi connectivity index (χ1) is 12.3. The summed E-state index contributed by atoms with van der Waals surface area (Å²) in [5.41, 5.74) is 6.77. The number of hydrogen-bond acceptors (Lipinski definition) is 4. The summed E-state index contributed by atoms with van der Waals surface area (Å²) in [6.07, 6.45) is 10.3. The molecule has 7 atom stereocenters. The Labute approximate surface area is 156 Å². The second-order valence-electron chi connectivity index (χ2n) is 9.90. The Kier molecular flexibility index (Phi) is 4.57. The minimum Gasteiger partial charge on any atom is -0.393 e. The predicted molar refractivity (Wildman–Crippen MR) is 100 cm³/mol. The van der Waals surface area contributed by atoms with Gasteiger partial charge in [0.25, 0.3) is 5.91 Å². The number of carbonyl (C=O) groups is 1. The molecular weight excluding hydrogens is 328 g/mol. The fourth-order valence-corrected chi connectivity index (χ4v) is 7.30. The lowest BCUT2D eigenvalue weighted by molar-refractivity contribution is -0.122. The first-order valence-electron chi connectivity index (χ1n) is 10.5. The molecule has 0 aromatic carbocycles. The van der Waals surface area contributed by atoms with E-state index in [1.807, 2.05) is 0 Å². The third-order valence-corrected chi connectivity index (χ3v) is 8.85. The number of nitrogens with two attached hydrogens (primary N) is 1. The summed E-state index contributed by atoms with van der Waals surface area (Å²) in [6, 6.07) is 0. The van der Waals surface area contributed by atoms with Gasteiger partial charge in [-0.2, -0.15) is 0 Å². The van der Waals surface area contributed by atoms with Gasteiger partial charge in [0, 0.05) is 0 Å². The van der Waals surface area contributed by atoms with E-state index in [4.69, 9.17) is 10.6 Å². The van der Waals surface area contributed by atoms with Crippen LogP contribution in [-0.2, 0) is 9.63 Å². The number of hydrogen-bond donors (Lipinski definition) is 2. The van der Waals surface area contributed by atoms with Gasteiger partial charge in [-0.05, 0) is 92.3 Å². The number of nitrogens with zero attached hydrogens (tertiary/aromatic N) is 1. The van der Waals surface area contributed by atoms with Crippen molar-refractivity contribution in [2.75, 3.05) is 6.61 Å². The molecule has 4 aliphatic rings. The average molecular weight is 363 g/mol. The summed E-state index contributed by atoms with van der Waals surface area (Å²) < 4.78 is 0. The highest BCUT2D eigenvalue weighted by molar-refractivity contribution is 5.85. The number of aliphatic hydroxyl groups excluding tert-OH is 1. The van der Waals surface area contributed by atoms with Crippen LogP contribution in [-0.4, -0.2) is 29.4 Å². The number of oxime groups is 1. The van der Waals surface area contributed by atoms with Crippen LogP contribution < -0.4 is 5.73 Å².